The maximum Gasteiger partial charge on any atom is 0.335 e. The number of rotatable bonds is 7. The molecule has 3 N–H and O–H groups in total. The van der Waals surface area contributed by atoms with Gasteiger partial charge in [-0.2, -0.15) is 0 Å². The zero-order valence-corrected chi connectivity index (χ0v) is 17.4. The van der Waals surface area contributed by atoms with Gasteiger partial charge in [-0.05, 0) is 67.1 Å². The van der Waals surface area contributed by atoms with Crippen LogP contribution < -0.4 is 10.6 Å². The number of hydrogen-bond donors (Lipinski definition) is 2. The van der Waals surface area contributed by atoms with Gasteiger partial charge in [-0.15, -0.1) is 0 Å². The third-order valence-electron chi connectivity index (χ3n) is 5.75. The number of piperidine rings is 1. The van der Waals surface area contributed by atoms with Crippen molar-refractivity contribution in [3.63, 3.8) is 0 Å². The first-order valence-corrected chi connectivity index (χ1v) is 10.5. The summed E-state index contributed by atoms with van der Waals surface area (Å²) in [6.45, 7) is 4.01. The summed E-state index contributed by atoms with van der Waals surface area (Å²) in [6.07, 6.45) is 4.23. The lowest BCUT2D eigenvalue weighted by atomic mass is 9.78. The van der Waals surface area contributed by atoms with Crippen LogP contribution in [0, 0.1) is 0 Å². The summed E-state index contributed by atoms with van der Waals surface area (Å²) >= 11 is 6.34. The van der Waals surface area contributed by atoms with E-state index >= 15 is 0 Å². The molecule has 1 amide bonds. The van der Waals surface area contributed by atoms with E-state index in [4.69, 9.17) is 22.4 Å². The van der Waals surface area contributed by atoms with Gasteiger partial charge in [0.2, 0.25) is 5.91 Å². The average Bonchev–Trinajstić information content (AvgIpc) is 2.72. The molecule has 2 aromatic rings. The van der Waals surface area contributed by atoms with E-state index in [0.29, 0.717) is 11.4 Å². The standard InChI is InChI=1S/C23H27ClN2O3/c1-2-18(21(22(25)27)15-6-8-16(9-7-15)23(28)29)19-14-17(24)10-11-20(19)26-12-4-3-5-13-26/h6-11,14,18,21H,2-5,12-13H2,1H3,(H2,25,27)(H,28,29). The van der Waals surface area contributed by atoms with Crippen LogP contribution in [0.1, 0.15) is 65.9 Å². The fraction of sp³-hybridized carbons (Fsp3) is 0.391. The van der Waals surface area contributed by atoms with Crippen LogP contribution in [-0.2, 0) is 4.79 Å². The average molecular weight is 415 g/mol. The second kappa shape index (κ2) is 9.31. The molecule has 2 atom stereocenters. The van der Waals surface area contributed by atoms with E-state index in [0.717, 1.165) is 42.7 Å². The summed E-state index contributed by atoms with van der Waals surface area (Å²) in [7, 11) is 0. The zero-order chi connectivity index (χ0) is 21.0. The molecule has 0 bridgehead atoms. The number of nitrogens with two attached hydrogens (primary N) is 1. The van der Waals surface area contributed by atoms with E-state index in [-0.39, 0.29) is 11.5 Å². The Morgan fingerprint density at radius 2 is 1.76 bits per heavy atom. The van der Waals surface area contributed by atoms with Crippen molar-refractivity contribution < 1.29 is 14.7 Å². The maximum atomic E-state index is 12.5. The number of carbonyl (C=O) groups excluding carboxylic acids is 1. The molecular formula is C23H27ClN2O3. The van der Waals surface area contributed by atoms with Crippen molar-refractivity contribution in [2.75, 3.05) is 18.0 Å². The summed E-state index contributed by atoms with van der Waals surface area (Å²) in [5.41, 5.74) is 8.88. The third-order valence-corrected chi connectivity index (χ3v) is 5.99. The van der Waals surface area contributed by atoms with Crippen LogP contribution in [-0.4, -0.2) is 30.1 Å². The Labute approximate surface area is 176 Å². The van der Waals surface area contributed by atoms with Gasteiger partial charge in [-0.1, -0.05) is 30.7 Å². The lowest BCUT2D eigenvalue weighted by molar-refractivity contribution is -0.120. The first kappa shape index (κ1) is 21.2. The number of anilines is 1. The third kappa shape index (κ3) is 4.73. The summed E-state index contributed by atoms with van der Waals surface area (Å²) in [4.78, 5) is 26.1. The van der Waals surface area contributed by atoms with Crippen LogP contribution in [0.4, 0.5) is 5.69 Å². The number of carboxylic acids is 1. The monoisotopic (exact) mass is 414 g/mol. The van der Waals surface area contributed by atoms with Crippen LogP contribution in [0.25, 0.3) is 0 Å². The smallest absolute Gasteiger partial charge is 0.335 e. The van der Waals surface area contributed by atoms with Gasteiger partial charge in [0.1, 0.15) is 0 Å². The van der Waals surface area contributed by atoms with Gasteiger partial charge in [0.15, 0.2) is 0 Å². The molecule has 0 spiro atoms. The molecule has 0 radical (unpaired) electrons. The van der Waals surface area contributed by atoms with Crippen molar-refractivity contribution in [1.29, 1.82) is 0 Å². The lowest BCUT2D eigenvalue weighted by Gasteiger charge is -2.34. The Morgan fingerprint density at radius 3 is 2.31 bits per heavy atom. The fourth-order valence-corrected chi connectivity index (χ4v) is 4.49. The molecule has 0 aromatic heterocycles. The highest BCUT2D eigenvalue weighted by Gasteiger charge is 2.31. The molecule has 0 saturated carbocycles. The normalized spacial score (nSPS) is 16.3. The maximum absolute atomic E-state index is 12.5. The van der Waals surface area contributed by atoms with E-state index in [1.807, 2.05) is 25.1 Å². The van der Waals surface area contributed by atoms with E-state index in [1.54, 1.807) is 12.1 Å². The molecule has 1 aliphatic rings. The Morgan fingerprint density at radius 1 is 1.10 bits per heavy atom. The van der Waals surface area contributed by atoms with Gasteiger partial charge in [-0.25, -0.2) is 4.79 Å². The molecule has 2 unspecified atom stereocenters. The van der Waals surface area contributed by atoms with Crippen molar-refractivity contribution in [3.8, 4) is 0 Å². The zero-order valence-electron chi connectivity index (χ0n) is 16.6. The van der Waals surface area contributed by atoms with Gasteiger partial charge in [-0.3, -0.25) is 4.79 Å². The number of halogens is 1. The lowest BCUT2D eigenvalue weighted by Crippen LogP contribution is -2.32. The summed E-state index contributed by atoms with van der Waals surface area (Å²) < 4.78 is 0. The van der Waals surface area contributed by atoms with Crippen LogP contribution >= 0.6 is 11.6 Å². The highest BCUT2D eigenvalue weighted by molar-refractivity contribution is 6.30. The minimum Gasteiger partial charge on any atom is -0.478 e. The van der Waals surface area contributed by atoms with E-state index in [1.165, 1.54) is 18.6 Å². The molecule has 29 heavy (non-hydrogen) atoms. The number of benzene rings is 2. The van der Waals surface area contributed by atoms with Crippen molar-refractivity contribution in [2.24, 2.45) is 5.73 Å². The topological polar surface area (TPSA) is 83.6 Å². The van der Waals surface area contributed by atoms with Crippen LogP contribution in [0.3, 0.4) is 0 Å². The number of nitrogens with zero attached hydrogens (tertiary/aromatic N) is 1. The van der Waals surface area contributed by atoms with Crippen LogP contribution in [0.5, 0.6) is 0 Å². The molecule has 154 valence electrons. The fourth-order valence-electron chi connectivity index (χ4n) is 4.31. The number of primary amides is 1. The molecule has 1 fully saturated rings. The molecule has 1 saturated heterocycles. The SMILES string of the molecule is CCC(c1cc(Cl)ccc1N1CCCCC1)C(C(N)=O)c1ccc(C(=O)O)cc1. The number of hydrogen-bond acceptors (Lipinski definition) is 3. The summed E-state index contributed by atoms with van der Waals surface area (Å²) in [5.74, 6) is -2.14. The molecule has 5 nitrogen and oxygen atoms in total. The Kier molecular flexibility index (Phi) is 6.80. The number of aromatic carboxylic acids is 1. The van der Waals surface area contributed by atoms with Gasteiger partial charge in [0, 0.05) is 29.7 Å². The summed E-state index contributed by atoms with van der Waals surface area (Å²) in [6, 6.07) is 12.3. The second-order valence-corrected chi connectivity index (χ2v) is 8.01. The molecule has 2 aromatic carbocycles. The summed E-state index contributed by atoms with van der Waals surface area (Å²) in [5, 5.41) is 9.78. The Hall–Kier alpha value is -2.53. The highest BCUT2D eigenvalue weighted by Crippen LogP contribution is 2.41. The van der Waals surface area contributed by atoms with E-state index in [9.17, 15) is 9.59 Å². The predicted molar refractivity (Wildman–Crippen MR) is 116 cm³/mol. The minimum absolute atomic E-state index is 0.154. The van der Waals surface area contributed by atoms with E-state index < -0.39 is 17.8 Å². The van der Waals surface area contributed by atoms with E-state index in [2.05, 4.69) is 4.90 Å². The van der Waals surface area contributed by atoms with Crippen molar-refractivity contribution in [3.05, 3.63) is 64.2 Å². The number of carbonyl (C=O) groups is 2. The molecule has 1 heterocycles. The molecule has 6 heteroatoms. The van der Waals surface area contributed by atoms with Crippen molar-refractivity contribution in [2.45, 2.75) is 44.4 Å². The van der Waals surface area contributed by atoms with Gasteiger partial charge < -0.3 is 15.7 Å². The largest absolute Gasteiger partial charge is 0.478 e. The highest BCUT2D eigenvalue weighted by atomic mass is 35.5. The molecule has 1 aliphatic heterocycles. The first-order chi connectivity index (χ1) is 13.9. The molecule has 3 rings (SSSR count). The van der Waals surface area contributed by atoms with Gasteiger partial charge in [0.25, 0.3) is 0 Å². The Bertz CT molecular complexity index is 876. The van der Waals surface area contributed by atoms with Crippen LogP contribution in [0.2, 0.25) is 5.02 Å². The van der Waals surface area contributed by atoms with Crippen molar-refractivity contribution in [1.82, 2.24) is 0 Å². The quantitative estimate of drug-likeness (QED) is 0.682. The number of amides is 1. The Balaban J connectivity index is 2.04. The molecule has 0 aliphatic carbocycles. The second-order valence-electron chi connectivity index (χ2n) is 7.57. The minimum atomic E-state index is -0.999. The van der Waals surface area contributed by atoms with Crippen LogP contribution in [0.15, 0.2) is 42.5 Å². The van der Waals surface area contributed by atoms with Gasteiger partial charge in [0.05, 0.1) is 11.5 Å². The number of carboxylic acid groups (broad SMARTS) is 1. The predicted octanol–water partition coefficient (Wildman–Crippen LogP) is 4.79. The molecular weight excluding hydrogens is 388 g/mol. The van der Waals surface area contributed by atoms with Crippen molar-refractivity contribution >= 4 is 29.2 Å². The van der Waals surface area contributed by atoms with Gasteiger partial charge >= 0.3 is 5.97 Å². The first-order valence-electron chi connectivity index (χ1n) is 10.1.